The molecule has 0 bridgehead atoms. The molecule has 0 aliphatic heterocycles. The number of aromatic nitrogens is 2. The first-order valence-corrected chi connectivity index (χ1v) is 10.9. The van der Waals surface area contributed by atoms with Crippen molar-refractivity contribution in [2.24, 2.45) is 0 Å². The maximum atomic E-state index is 12.7. The Morgan fingerprint density at radius 1 is 1.16 bits per heavy atom. The van der Waals surface area contributed by atoms with Crippen LogP contribution in [0.5, 0.6) is 5.75 Å². The summed E-state index contributed by atoms with van der Waals surface area (Å²) in [6, 6.07) is 9.33. The average molecular weight is 506 g/mol. The molecular weight excluding hydrogens is 490 g/mol. The maximum Gasteiger partial charge on any atom is 0.416 e. The Labute approximate surface area is 195 Å². The van der Waals surface area contributed by atoms with Crippen molar-refractivity contribution in [2.75, 3.05) is 17.7 Å². The Morgan fingerprint density at radius 3 is 2.72 bits per heavy atom. The minimum atomic E-state index is -4.48. The standard InChI is InChI=1S/C20H16Cl2F3N3O3S/c21-13-6-7-16(15(22)10-13)30-8-2-5-18-27-28-19(31-18)32-11-17(29)26-14-4-1-3-12(9-14)20(23,24)25/h1,3-4,6-7,9-10H,2,5,8,11H2,(H,26,29). The minimum absolute atomic E-state index is 0.0532. The van der Waals surface area contributed by atoms with E-state index in [1.54, 1.807) is 18.2 Å². The van der Waals surface area contributed by atoms with Crippen LogP contribution in [0.4, 0.5) is 18.9 Å². The van der Waals surface area contributed by atoms with Gasteiger partial charge in [0.25, 0.3) is 5.22 Å². The SMILES string of the molecule is O=C(CSc1nnc(CCCOc2ccc(Cl)cc2Cl)o1)Nc1cccc(C(F)(F)F)c1. The van der Waals surface area contributed by atoms with Gasteiger partial charge in [0.05, 0.1) is 22.9 Å². The molecule has 0 spiro atoms. The van der Waals surface area contributed by atoms with Crippen LogP contribution >= 0.6 is 35.0 Å². The molecule has 12 heteroatoms. The lowest BCUT2D eigenvalue weighted by Gasteiger charge is -2.09. The number of hydrogen-bond acceptors (Lipinski definition) is 6. The Kier molecular flexibility index (Phi) is 8.27. The monoisotopic (exact) mass is 505 g/mol. The highest BCUT2D eigenvalue weighted by Gasteiger charge is 2.30. The van der Waals surface area contributed by atoms with Crippen molar-refractivity contribution >= 4 is 46.6 Å². The van der Waals surface area contributed by atoms with Gasteiger partial charge in [0.2, 0.25) is 11.8 Å². The van der Waals surface area contributed by atoms with Crippen molar-refractivity contribution in [1.29, 1.82) is 0 Å². The molecule has 0 atom stereocenters. The maximum absolute atomic E-state index is 12.7. The first-order chi connectivity index (χ1) is 15.2. The summed E-state index contributed by atoms with van der Waals surface area (Å²) in [6.07, 6.45) is -3.45. The summed E-state index contributed by atoms with van der Waals surface area (Å²) in [4.78, 5) is 12.0. The number of halogens is 5. The second-order valence-corrected chi connectivity index (χ2v) is 8.17. The number of aryl methyl sites for hydroxylation is 1. The number of thioether (sulfide) groups is 1. The molecule has 1 amide bonds. The Balaban J connectivity index is 1.41. The number of nitrogens with zero attached hydrogens (tertiary/aromatic N) is 2. The van der Waals surface area contributed by atoms with E-state index in [1.807, 2.05) is 0 Å². The largest absolute Gasteiger partial charge is 0.492 e. The third kappa shape index (κ3) is 7.32. The second-order valence-electron chi connectivity index (χ2n) is 6.40. The van der Waals surface area contributed by atoms with E-state index < -0.39 is 17.6 Å². The number of amides is 1. The summed E-state index contributed by atoms with van der Waals surface area (Å²) >= 11 is 12.8. The Morgan fingerprint density at radius 2 is 1.97 bits per heavy atom. The average Bonchev–Trinajstić information content (AvgIpc) is 3.18. The zero-order chi connectivity index (χ0) is 23.1. The number of alkyl halides is 3. The van der Waals surface area contributed by atoms with Crippen molar-refractivity contribution < 1.29 is 27.1 Å². The van der Waals surface area contributed by atoms with Crippen molar-refractivity contribution in [1.82, 2.24) is 10.2 Å². The van der Waals surface area contributed by atoms with Gasteiger partial charge < -0.3 is 14.5 Å². The van der Waals surface area contributed by atoms with E-state index in [4.69, 9.17) is 32.4 Å². The van der Waals surface area contributed by atoms with Crippen LogP contribution in [0.25, 0.3) is 0 Å². The number of anilines is 1. The van der Waals surface area contributed by atoms with Gasteiger partial charge in [0.15, 0.2) is 0 Å². The first-order valence-electron chi connectivity index (χ1n) is 9.21. The lowest BCUT2D eigenvalue weighted by molar-refractivity contribution is -0.137. The van der Waals surface area contributed by atoms with Crippen molar-refractivity contribution in [3.8, 4) is 5.75 Å². The fourth-order valence-electron chi connectivity index (χ4n) is 2.49. The molecule has 0 aliphatic carbocycles. The third-order valence-corrected chi connectivity index (χ3v) is 5.28. The van der Waals surface area contributed by atoms with Gasteiger partial charge in [-0.1, -0.05) is 41.0 Å². The smallest absolute Gasteiger partial charge is 0.416 e. The van der Waals surface area contributed by atoms with Gasteiger partial charge in [-0.2, -0.15) is 13.2 Å². The third-order valence-electron chi connectivity index (χ3n) is 3.94. The summed E-state index contributed by atoms with van der Waals surface area (Å²) in [5.41, 5.74) is -0.788. The van der Waals surface area contributed by atoms with Gasteiger partial charge in [-0.25, -0.2) is 0 Å². The lowest BCUT2D eigenvalue weighted by Crippen LogP contribution is -2.15. The van der Waals surface area contributed by atoms with Gasteiger partial charge in [-0.05, 0) is 42.8 Å². The van der Waals surface area contributed by atoms with Crippen LogP contribution in [0.1, 0.15) is 17.9 Å². The fraction of sp³-hybridized carbons (Fsp3) is 0.250. The predicted molar refractivity (Wildman–Crippen MR) is 115 cm³/mol. The highest BCUT2D eigenvalue weighted by Crippen LogP contribution is 2.31. The van der Waals surface area contributed by atoms with Crippen LogP contribution in [0.3, 0.4) is 0 Å². The topological polar surface area (TPSA) is 77.2 Å². The molecule has 1 aromatic heterocycles. The van der Waals surface area contributed by atoms with E-state index in [-0.39, 0.29) is 16.7 Å². The summed E-state index contributed by atoms with van der Waals surface area (Å²) < 4.78 is 49.3. The van der Waals surface area contributed by atoms with Gasteiger partial charge in [-0.15, -0.1) is 10.2 Å². The summed E-state index contributed by atoms with van der Waals surface area (Å²) in [5.74, 6) is 0.291. The number of benzene rings is 2. The van der Waals surface area contributed by atoms with E-state index in [2.05, 4.69) is 15.5 Å². The van der Waals surface area contributed by atoms with Crippen LogP contribution in [0, 0.1) is 0 Å². The number of carbonyl (C=O) groups is 1. The molecule has 170 valence electrons. The van der Waals surface area contributed by atoms with Gasteiger partial charge in [0, 0.05) is 17.1 Å². The van der Waals surface area contributed by atoms with Crippen LogP contribution in [-0.2, 0) is 17.4 Å². The first kappa shape index (κ1) is 24.2. The molecule has 0 aliphatic rings. The van der Waals surface area contributed by atoms with Crippen LogP contribution in [-0.4, -0.2) is 28.5 Å². The molecule has 32 heavy (non-hydrogen) atoms. The number of hydrogen-bond donors (Lipinski definition) is 1. The molecule has 0 unspecified atom stereocenters. The molecule has 3 aromatic rings. The number of rotatable bonds is 9. The molecule has 3 rings (SSSR count). The van der Waals surface area contributed by atoms with E-state index in [1.165, 1.54) is 12.1 Å². The van der Waals surface area contributed by atoms with Crippen molar-refractivity contribution in [2.45, 2.75) is 24.2 Å². The van der Waals surface area contributed by atoms with E-state index in [0.29, 0.717) is 41.1 Å². The lowest BCUT2D eigenvalue weighted by atomic mass is 10.2. The van der Waals surface area contributed by atoms with Gasteiger partial charge in [-0.3, -0.25) is 4.79 Å². The number of carbonyl (C=O) groups excluding carboxylic acids is 1. The van der Waals surface area contributed by atoms with Gasteiger partial charge >= 0.3 is 6.18 Å². The van der Waals surface area contributed by atoms with E-state index >= 15 is 0 Å². The quantitative estimate of drug-likeness (QED) is 0.278. The molecule has 1 heterocycles. The van der Waals surface area contributed by atoms with Crippen LogP contribution in [0.15, 0.2) is 52.1 Å². The molecular formula is C20H16Cl2F3N3O3S. The Bertz CT molecular complexity index is 1080. The summed E-state index contributed by atoms with van der Waals surface area (Å²) in [6.45, 7) is 0.367. The van der Waals surface area contributed by atoms with E-state index in [0.717, 1.165) is 23.9 Å². The number of nitrogens with one attached hydrogen (secondary N) is 1. The van der Waals surface area contributed by atoms with Crippen LogP contribution < -0.4 is 10.1 Å². The predicted octanol–water partition coefficient (Wildman–Crippen LogP) is 6.14. The second kappa shape index (κ2) is 10.9. The highest BCUT2D eigenvalue weighted by molar-refractivity contribution is 7.99. The summed E-state index contributed by atoms with van der Waals surface area (Å²) in [5, 5.41) is 11.3. The molecule has 2 aromatic carbocycles. The fourth-order valence-corrected chi connectivity index (χ4v) is 3.54. The normalized spacial score (nSPS) is 11.4. The van der Waals surface area contributed by atoms with Gasteiger partial charge in [0.1, 0.15) is 5.75 Å². The molecule has 0 fully saturated rings. The summed E-state index contributed by atoms with van der Waals surface area (Å²) in [7, 11) is 0. The Hall–Kier alpha value is -2.43. The van der Waals surface area contributed by atoms with Crippen molar-refractivity contribution in [3.05, 3.63) is 64.0 Å². The van der Waals surface area contributed by atoms with E-state index in [9.17, 15) is 18.0 Å². The molecule has 0 radical (unpaired) electrons. The highest BCUT2D eigenvalue weighted by atomic mass is 35.5. The van der Waals surface area contributed by atoms with Crippen molar-refractivity contribution in [3.63, 3.8) is 0 Å². The number of ether oxygens (including phenoxy) is 1. The molecule has 0 saturated heterocycles. The molecule has 0 saturated carbocycles. The molecule has 6 nitrogen and oxygen atoms in total. The minimum Gasteiger partial charge on any atom is -0.492 e. The molecule has 1 N–H and O–H groups in total. The zero-order valence-electron chi connectivity index (χ0n) is 16.3. The van der Waals surface area contributed by atoms with Crippen LogP contribution in [0.2, 0.25) is 10.0 Å². The zero-order valence-corrected chi connectivity index (χ0v) is 18.6.